The highest BCUT2D eigenvalue weighted by molar-refractivity contribution is 6.17. The number of nitrogens with one attached hydrogen (secondary N) is 2. The van der Waals surface area contributed by atoms with Gasteiger partial charge in [-0.15, -0.1) is 0 Å². The highest BCUT2D eigenvalue weighted by Gasteiger charge is 2.56. The highest BCUT2D eigenvalue weighted by atomic mass is 19.2. The number of benzene rings is 2. The molecule has 2 aromatic rings. The fourth-order valence-electron chi connectivity index (χ4n) is 2.66. The van der Waals surface area contributed by atoms with E-state index < -0.39 is 40.4 Å². The summed E-state index contributed by atoms with van der Waals surface area (Å²) in [4.78, 5) is 25.1. The second-order valence-electron chi connectivity index (χ2n) is 6.53. The number of hydrogen-bond donors (Lipinski definition) is 2. The Morgan fingerprint density at radius 3 is 2.12 bits per heavy atom. The molecule has 1 aliphatic carbocycles. The lowest BCUT2D eigenvalue weighted by molar-refractivity contribution is -0.131. The number of hydrogen-bond acceptors (Lipinski definition) is 2. The van der Waals surface area contributed by atoms with Crippen molar-refractivity contribution in [3.05, 3.63) is 58.9 Å². The summed E-state index contributed by atoms with van der Waals surface area (Å²) in [6, 6.07) is 7.17. The van der Waals surface area contributed by atoms with Crippen LogP contribution in [0.2, 0.25) is 0 Å². The molecule has 0 heterocycles. The average molecular weight is 362 g/mol. The lowest BCUT2D eigenvalue weighted by Gasteiger charge is -2.17. The molecule has 3 rings (SSSR count). The molecule has 2 N–H and O–H groups in total. The van der Waals surface area contributed by atoms with Gasteiger partial charge in [0, 0.05) is 5.69 Å². The normalized spacial score (nSPS) is 14.7. The molecule has 26 heavy (non-hydrogen) atoms. The van der Waals surface area contributed by atoms with E-state index in [9.17, 15) is 22.8 Å². The number of halogens is 3. The van der Waals surface area contributed by atoms with Gasteiger partial charge < -0.3 is 10.6 Å². The van der Waals surface area contributed by atoms with E-state index >= 15 is 0 Å². The maximum Gasteiger partial charge on any atom is 0.240 e. The molecule has 0 spiro atoms. The van der Waals surface area contributed by atoms with Crippen LogP contribution in [0, 0.1) is 36.7 Å². The summed E-state index contributed by atoms with van der Waals surface area (Å²) in [5.41, 5.74) is 0.539. The summed E-state index contributed by atoms with van der Waals surface area (Å²) in [7, 11) is 0. The van der Waals surface area contributed by atoms with Crippen molar-refractivity contribution in [1.29, 1.82) is 0 Å². The van der Waals surface area contributed by atoms with Crippen LogP contribution in [0.15, 0.2) is 30.3 Å². The summed E-state index contributed by atoms with van der Waals surface area (Å²) in [6.45, 7) is 3.70. The van der Waals surface area contributed by atoms with Crippen molar-refractivity contribution in [1.82, 2.24) is 0 Å². The fourth-order valence-corrected chi connectivity index (χ4v) is 2.66. The molecule has 0 aliphatic heterocycles. The van der Waals surface area contributed by atoms with Crippen LogP contribution in [0.25, 0.3) is 0 Å². The first kappa shape index (κ1) is 18.0. The first-order chi connectivity index (χ1) is 12.2. The number of amides is 2. The molecule has 0 atom stereocenters. The SMILES string of the molecule is Cc1ccc(C)c(NC(=O)C2(C(=O)Nc3ccc(F)c(F)c3F)CC2)c1. The topological polar surface area (TPSA) is 58.2 Å². The zero-order valence-electron chi connectivity index (χ0n) is 14.3. The number of carbonyl (C=O) groups is 2. The molecule has 0 saturated heterocycles. The Kier molecular flexibility index (Phi) is 4.48. The Morgan fingerprint density at radius 2 is 1.50 bits per heavy atom. The lowest BCUT2D eigenvalue weighted by Crippen LogP contribution is -2.36. The van der Waals surface area contributed by atoms with Crippen molar-refractivity contribution >= 4 is 23.2 Å². The van der Waals surface area contributed by atoms with E-state index in [1.165, 1.54) is 0 Å². The van der Waals surface area contributed by atoms with Crippen LogP contribution in [-0.2, 0) is 9.59 Å². The maximum atomic E-state index is 13.7. The van der Waals surface area contributed by atoms with E-state index in [-0.39, 0.29) is 0 Å². The van der Waals surface area contributed by atoms with Gasteiger partial charge in [-0.25, -0.2) is 13.2 Å². The molecule has 1 aliphatic rings. The summed E-state index contributed by atoms with van der Waals surface area (Å²) >= 11 is 0. The summed E-state index contributed by atoms with van der Waals surface area (Å²) in [6.07, 6.45) is 0.585. The molecule has 0 unspecified atom stereocenters. The van der Waals surface area contributed by atoms with Gasteiger partial charge in [0.15, 0.2) is 17.5 Å². The van der Waals surface area contributed by atoms with Gasteiger partial charge in [-0.1, -0.05) is 12.1 Å². The van der Waals surface area contributed by atoms with Crippen LogP contribution in [0.1, 0.15) is 24.0 Å². The Balaban J connectivity index is 1.78. The van der Waals surface area contributed by atoms with Gasteiger partial charge in [-0.2, -0.15) is 0 Å². The minimum atomic E-state index is -1.67. The van der Waals surface area contributed by atoms with Crippen molar-refractivity contribution in [3.63, 3.8) is 0 Å². The molecule has 136 valence electrons. The molecule has 0 bridgehead atoms. The zero-order valence-corrected chi connectivity index (χ0v) is 14.3. The van der Waals surface area contributed by atoms with E-state index in [2.05, 4.69) is 10.6 Å². The summed E-state index contributed by atoms with van der Waals surface area (Å²) in [5.74, 6) is -5.78. The van der Waals surface area contributed by atoms with Crippen LogP contribution in [0.3, 0.4) is 0 Å². The largest absolute Gasteiger partial charge is 0.325 e. The Labute approximate surface area is 148 Å². The maximum absolute atomic E-state index is 13.7. The summed E-state index contributed by atoms with van der Waals surface area (Å²) < 4.78 is 40.0. The molecule has 2 amide bonds. The van der Waals surface area contributed by atoms with Gasteiger partial charge in [-0.05, 0) is 56.0 Å². The third kappa shape index (κ3) is 3.16. The Morgan fingerprint density at radius 1 is 0.885 bits per heavy atom. The standard InChI is InChI=1S/C19H17F3N2O2/c1-10-3-4-11(2)14(9-10)24-18(26)19(7-8-19)17(25)23-13-6-5-12(20)15(21)16(13)22/h3-6,9H,7-8H2,1-2H3,(H,23,25)(H,24,26). The van der Waals surface area contributed by atoms with Gasteiger partial charge in [-0.3, -0.25) is 9.59 Å². The third-order valence-corrected chi connectivity index (χ3v) is 4.54. The third-order valence-electron chi connectivity index (χ3n) is 4.54. The molecule has 4 nitrogen and oxygen atoms in total. The number of rotatable bonds is 4. The number of carbonyl (C=O) groups excluding carboxylic acids is 2. The fraction of sp³-hybridized carbons (Fsp3) is 0.263. The van der Waals surface area contributed by atoms with Gasteiger partial charge in [0.1, 0.15) is 5.41 Å². The number of anilines is 2. The van der Waals surface area contributed by atoms with Crippen molar-refractivity contribution < 1.29 is 22.8 Å². The van der Waals surface area contributed by atoms with Crippen LogP contribution >= 0.6 is 0 Å². The van der Waals surface area contributed by atoms with Gasteiger partial charge >= 0.3 is 0 Å². The van der Waals surface area contributed by atoms with E-state index in [1.54, 1.807) is 6.07 Å². The highest BCUT2D eigenvalue weighted by Crippen LogP contribution is 2.47. The molecule has 7 heteroatoms. The van der Waals surface area contributed by atoms with Crippen LogP contribution in [0.4, 0.5) is 24.5 Å². The predicted octanol–water partition coefficient (Wildman–Crippen LogP) is 4.08. The zero-order chi connectivity index (χ0) is 19.1. The Hall–Kier alpha value is -2.83. The van der Waals surface area contributed by atoms with Crippen LogP contribution in [-0.4, -0.2) is 11.8 Å². The molecule has 0 radical (unpaired) electrons. The van der Waals surface area contributed by atoms with Crippen molar-refractivity contribution in [2.24, 2.45) is 5.41 Å². The minimum Gasteiger partial charge on any atom is -0.325 e. The molecule has 0 aromatic heterocycles. The smallest absolute Gasteiger partial charge is 0.240 e. The van der Waals surface area contributed by atoms with E-state index in [1.807, 2.05) is 26.0 Å². The van der Waals surface area contributed by atoms with Crippen LogP contribution < -0.4 is 10.6 Å². The first-order valence-electron chi connectivity index (χ1n) is 8.08. The second-order valence-corrected chi connectivity index (χ2v) is 6.53. The average Bonchev–Trinajstić information content (AvgIpc) is 3.40. The summed E-state index contributed by atoms with van der Waals surface area (Å²) in [5, 5.41) is 4.92. The van der Waals surface area contributed by atoms with Gasteiger partial charge in [0.25, 0.3) is 0 Å². The lowest BCUT2D eigenvalue weighted by atomic mass is 10.0. The van der Waals surface area contributed by atoms with Gasteiger partial charge in [0.05, 0.1) is 5.69 Å². The molecule has 2 aromatic carbocycles. The molecular weight excluding hydrogens is 345 g/mol. The first-order valence-corrected chi connectivity index (χ1v) is 8.08. The van der Waals surface area contributed by atoms with E-state index in [0.717, 1.165) is 17.2 Å². The van der Waals surface area contributed by atoms with Crippen molar-refractivity contribution in [2.45, 2.75) is 26.7 Å². The predicted molar refractivity (Wildman–Crippen MR) is 91.2 cm³/mol. The van der Waals surface area contributed by atoms with Crippen molar-refractivity contribution in [3.8, 4) is 0 Å². The van der Waals surface area contributed by atoms with E-state index in [0.29, 0.717) is 24.6 Å². The molecule has 1 saturated carbocycles. The van der Waals surface area contributed by atoms with E-state index in [4.69, 9.17) is 0 Å². The Bertz CT molecular complexity index is 908. The monoisotopic (exact) mass is 362 g/mol. The minimum absolute atomic E-state index is 0.292. The quantitative estimate of drug-likeness (QED) is 0.636. The number of aryl methyl sites for hydroxylation is 2. The van der Waals surface area contributed by atoms with Crippen LogP contribution in [0.5, 0.6) is 0 Å². The second kappa shape index (κ2) is 6.48. The van der Waals surface area contributed by atoms with Crippen molar-refractivity contribution in [2.75, 3.05) is 10.6 Å². The molecular formula is C19H17F3N2O2. The molecule has 1 fully saturated rings. The van der Waals surface area contributed by atoms with Gasteiger partial charge in [0.2, 0.25) is 11.8 Å².